The second-order valence-electron chi connectivity index (χ2n) is 3.15. The maximum absolute atomic E-state index is 11.9. The number of alkyl halides is 3. The summed E-state index contributed by atoms with van der Waals surface area (Å²) in [5.41, 5.74) is -5.02. The average Bonchev–Trinajstić information content (AvgIpc) is 2.09. The maximum Gasteiger partial charge on any atom is 0.497 e. The van der Waals surface area contributed by atoms with Crippen molar-refractivity contribution >= 4 is 15.7 Å². The van der Waals surface area contributed by atoms with E-state index < -0.39 is 27.0 Å². The molecule has 4 nitrogen and oxygen atoms in total. The number of hydrogen-bond acceptors (Lipinski definition) is 3. The van der Waals surface area contributed by atoms with E-state index in [1.807, 2.05) is 0 Å². The largest absolute Gasteiger partial charge is 0.497 e. The number of nitrogens with one attached hydrogen (secondary N) is 1. The standard InChI is InChI=1S/C8H12F3NO3S/c1-6(2)7(13)12-4-3-5-16(14,15)8(9,10)11/h1,3-5H2,2H3,(H,12,13). The van der Waals surface area contributed by atoms with Gasteiger partial charge in [0.05, 0.1) is 5.75 Å². The van der Waals surface area contributed by atoms with Crippen molar-refractivity contribution in [2.24, 2.45) is 0 Å². The van der Waals surface area contributed by atoms with Gasteiger partial charge in [0.15, 0.2) is 0 Å². The molecule has 0 aliphatic heterocycles. The van der Waals surface area contributed by atoms with Gasteiger partial charge in [-0.3, -0.25) is 4.79 Å². The van der Waals surface area contributed by atoms with E-state index in [4.69, 9.17) is 0 Å². The van der Waals surface area contributed by atoms with Crippen LogP contribution in [-0.2, 0) is 14.6 Å². The van der Waals surface area contributed by atoms with E-state index in [1.165, 1.54) is 6.92 Å². The molecule has 0 spiro atoms. The van der Waals surface area contributed by atoms with Crippen LogP contribution in [0.4, 0.5) is 13.2 Å². The smallest absolute Gasteiger partial charge is 0.352 e. The number of hydrogen-bond donors (Lipinski definition) is 1. The van der Waals surface area contributed by atoms with Crippen LogP contribution in [0.3, 0.4) is 0 Å². The van der Waals surface area contributed by atoms with Crippen LogP contribution in [0.15, 0.2) is 12.2 Å². The van der Waals surface area contributed by atoms with Gasteiger partial charge < -0.3 is 5.32 Å². The van der Waals surface area contributed by atoms with Crippen LogP contribution >= 0.6 is 0 Å². The van der Waals surface area contributed by atoms with E-state index in [0.29, 0.717) is 0 Å². The van der Waals surface area contributed by atoms with Crippen LogP contribution in [-0.4, -0.2) is 32.1 Å². The maximum atomic E-state index is 11.9. The molecule has 8 heteroatoms. The second-order valence-corrected chi connectivity index (χ2v) is 5.26. The zero-order valence-corrected chi connectivity index (χ0v) is 9.41. The van der Waals surface area contributed by atoms with Crippen molar-refractivity contribution < 1.29 is 26.4 Å². The minimum atomic E-state index is -5.23. The van der Waals surface area contributed by atoms with Gasteiger partial charge in [0.25, 0.3) is 0 Å². The minimum Gasteiger partial charge on any atom is -0.352 e. The zero-order chi connectivity index (χ0) is 13.0. The Bertz CT molecular complexity index is 372. The van der Waals surface area contributed by atoms with Crippen molar-refractivity contribution in [1.82, 2.24) is 5.32 Å². The first-order chi connectivity index (χ1) is 7.08. The van der Waals surface area contributed by atoms with Gasteiger partial charge in [0.2, 0.25) is 15.7 Å². The van der Waals surface area contributed by atoms with Crippen molar-refractivity contribution in [3.05, 3.63) is 12.2 Å². The molecule has 1 amide bonds. The monoisotopic (exact) mass is 259 g/mol. The molecule has 0 fully saturated rings. The summed E-state index contributed by atoms with van der Waals surface area (Å²) in [7, 11) is -5.09. The van der Waals surface area contributed by atoms with E-state index in [0.717, 1.165) is 0 Å². The van der Waals surface area contributed by atoms with E-state index in [9.17, 15) is 26.4 Å². The molecule has 0 atom stereocenters. The number of carbonyl (C=O) groups is 1. The summed E-state index contributed by atoms with van der Waals surface area (Å²) in [5.74, 6) is -1.54. The Morgan fingerprint density at radius 2 is 1.88 bits per heavy atom. The molecule has 0 aliphatic carbocycles. The molecule has 16 heavy (non-hydrogen) atoms. The highest BCUT2D eigenvalue weighted by Crippen LogP contribution is 2.23. The van der Waals surface area contributed by atoms with Crippen molar-refractivity contribution in [2.45, 2.75) is 18.9 Å². The molecule has 94 valence electrons. The normalized spacial score (nSPS) is 12.2. The van der Waals surface area contributed by atoms with Crippen molar-refractivity contribution in [3.8, 4) is 0 Å². The lowest BCUT2D eigenvalue weighted by Gasteiger charge is -2.08. The SMILES string of the molecule is C=C(C)C(=O)NCCCS(=O)(=O)C(F)(F)F. The fourth-order valence-corrected chi connectivity index (χ4v) is 1.49. The molecule has 0 saturated heterocycles. The first-order valence-corrected chi connectivity index (χ1v) is 5.96. The Labute approximate surface area is 91.4 Å². The molecular formula is C8H12F3NO3S. The van der Waals surface area contributed by atoms with Crippen LogP contribution in [0.1, 0.15) is 13.3 Å². The number of halogens is 3. The van der Waals surface area contributed by atoms with E-state index in [1.54, 1.807) is 0 Å². The van der Waals surface area contributed by atoms with Crippen LogP contribution < -0.4 is 5.32 Å². The van der Waals surface area contributed by atoms with Crippen LogP contribution in [0.2, 0.25) is 0 Å². The van der Waals surface area contributed by atoms with E-state index in [2.05, 4.69) is 11.9 Å². The van der Waals surface area contributed by atoms with Crippen molar-refractivity contribution in [3.63, 3.8) is 0 Å². The number of amides is 1. The van der Waals surface area contributed by atoms with Gasteiger partial charge in [-0.15, -0.1) is 0 Å². The molecule has 0 aliphatic rings. The third-order valence-corrected chi connectivity index (χ3v) is 3.15. The number of rotatable bonds is 5. The molecular weight excluding hydrogens is 247 g/mol. The summed E-state index contributed by atoms with van der Waals surface area (Å²) >= 11 is 0. The Balaban J connectivity index is 4.02. The highest BCUT2D eigenvalue weighted by molar-refractivity contribution is 7.92. The Morgan fingerprint density at radius 3 is 2.25 bits per heavy atom. The summed E-state index contributed by atoms with van der Waals surface area (Å²) in [5, 5.41) is 2.24. The highest BCUT2D eigenvalue weighted by Gasteiger charge is 2.44. The molecule has 0 aromatic carbocycles. The lowest BCUT2D eigenvalue weighted by atomic mass is 10.3. The van der Waals surface area contributed by atoms with Gasteiger partial charge >= 0.3 is 5.51 Å². The van der Waals surface area contributed by atoms with E-state index >= 15 is 0 Å². The molecule has 0 radical (unpaired) electrons. The zero-order valence-electron chi connectivity index (χ0n) is 8.60. The molecule has 0 unspecified atom stereocenters. The van der Waals surface area contributed by atoms with Gasteiger partial charge in [-0.2, -0.15) is 13.2 Å². The van der Waals surface area contributed by atoms with Crippen LogP contribution in [0.5, 0.6) is 0 Å². The summed E-state index contributed by atoms with van der Waals surface area (Å²) < 4.78 is 56.7. The Hall–Kier alpha value is -1.05. The van der Waals surface area contributed by atoms with Crippen LogP contribution in [0, 0.1) is 0 Å². The summed E-state index contributed by atoms with van der Waals surface area (Å²) in [6.07, 6.45) is -0.291. The molecule has 0 saturated carbocycles. The lowest BCUT2D eigenvalue weighted by Crippen LogP contribution is -2.30. The quantitative estimate of drug-likeness (QED) is 0.592. The first kappa shape index (κ1) is 14.9. The summed E-state index contributed by atoms with van der Waals surface area (Å²) in [6.45, 7) is 4.61. The highest BCUT2D eigenvalue weighted by atomic mass is 32.2. The summed E-state index contributed by atoms with van der Waals surface area (Å²) in [6, 6.07) is 0. The Kier molecular flexibility index (Phi) is 4.98. The average molecular weight is 259 g/mol. The second kappa shape index (κ2) is 5.33. The van der Waals surface area contributed by atoms with Gasteiger partial charge in [-0.05, 0) is 13.3 Å². The fourth-order valence-electron chi connectivity index (χ4n) is 0.731. The van der Waals surface area contributed by atoms with Gasteiger partial charge in [-0.1, -0.05) is 6.58 Å². The molecule has 0 bridgehead atoms. The third-order valence-electron chi connectivity index (χ3n) is 1.62. The topological polar surface area (TPSA) is 63.2 Å². The molecule has 0 rings (SSSR count). The predicted molar refractivity (Wildman–Crippen MR) is 52.3 cm³/mol. The minimum absolute atomic E-state index is 0.138. The van der Waals surface area contributed by atoms with Crippen molar-refractivity contribution in [2.75, 3.05) is 12.3 Å². The number of carbonyl (C=O) groups excluding carboxylic acids is 1. The predicted octanol–water partition coefficient (Wildman–Crippen LogP) is 1.00. The van der Waals surface area contributed by atoms with Gasteiger partial charge in [0, 0.05) is 12.1 Å². The molecule has 0 heterocycles. The van der Waals surface area contributed by atoms with Gasteiger partial charge in [-0.25, -0.2) is 8.42 Å². The first-order valence-electron chi connectivity index (χ1n) is 4.30. The third kappa shape index (κ3) is 4.65. The Morgan fingerprint density at radius 1 is 1.38 bits per heavy atom. The van der Waals surface area contributed by atoms with E-state index in [-0.39, 0.29) is 18.5 Å². The van der Waals surface area contributed by atoms with Gasteiger partial charge in [0.1, 0.15) is 0 Å². The lowest BCUT2D eigenvalue weighted by molar-refractivity contribution is -0.117. The molecule has 0 aromatic heterocycles. The van der Waals surface area contributed by atoms with Crippen LogP contribution in [0.25, 0.3) is 0 Å². The fraction of sp³-hybridized carbons (Fsp3) is 0.625. The van der Waals surface area contributed by atoms with Crippen molar-refractivity contribution in [1.29, 1.82) is 0 Å². The number of sulfone groups is 1. The molecule has 1 N–H and O–H groups in total. The summed E-state index contributed by atoms with van der Waals surface area (Å²) in [4.78, 5) is 10.9. The molecule has 0 aromatic rings.